The highest BCUT2D eigenvalue weighted by molar-refractivity contribution is 5.91. The number of amides is 1. The first-order valence-electron chi connectivity index (χ1n) is 10.8. The fourth-order valence-electron chi connectivity index (χ4n) is 4.15. The summed E-state index contributed by atoms with van der Waals surface area (Å²) in [4.78, 5) is 35.7. The third kappa shape index (κ3) is 3.93. The van der Waals surface area contributed by atoms with Crippen LogP contribution in [-0.2, 0) is 6.54 Å². The van der Waals surface area contributed by atoms with Crippen molar-refractivity contribution >= 4 is 16.9 Å². The number of nitrogens with zero attached hydrogens (tertiary/aromatic N) is 6. The van der Waals surface area contributed by atoms with Crippen LogP contribution in [0.3, 0.4) is 0 Å². The largest absolute Gasteiger partial charge is 0.436 e. The zero-order valence-electron chi connectivity index (χ0n) is 18.4. The second-order valence-corrected chi connectivity index (χ2v) is 8.57. The van der Waals surface area contributed by atoms with Gasteiger partial charge in [-0.3, -0.25) is 14.2 Å². The molecule has 3 aromatic heterocycles. The summed E-state index contributed by atoms with van der Waals surface area (Å²) in [7, 11) is 0. The zero-order valence-corrected chi connectivity index (χ0v) is 18.4. The zero-order chi connectivity index (χ0) is 23.2. The normalized spacial score (nSPS) is 15.8. The smallest absolute Gasteiger partial charge is 0.291 e. The van der Waals surface area contributed by atoms with Crippen molar-refractivity contribution in [1.29, 1.82) is 0 Å². The van der Waals surface area contributed by atoms with E-state index in [9.17, 15) is 14.7 Å². The monoisotopic (exact) mass is 448 g/mol. The molecule has 5 rings (SSSR count). The summed E-state index contributed by atoms with van der Waals surface area (Å²) in [5, 5.41) is 15.8. The minimum absolute atomic E-state index is 0.0912. The maximum atomic E-state index is 13.1. The van der Waals surface area contributed by atoms with Crippen LogP contribution in [-0.4, -0.2) is 58.9 Å². The average Bonchev–Trinajstić information content (AvgIpc) is 3.43. The van der Waals surface area contributed by atoms with Gasteiger partial charge in [0.2, 0.25) is 5.76 Å². The number of carbonyl (C=O) groups excluding carboxylic acids is 1. The summed E-state index contributed by atoms with van der Waals surface area (Å²) >= 11 is 0. The highest BCUT2D eigenvalue weighted by atomic mass is 16.4. The molecule has 1 fully saturated rings. The molecule has 0 saturated carbocycles. The Morgan fingerprint density at radius 3 is 2.52 bits per heavy atom. The molecule has 1 amide bonds. The molecule has 10 nitrogen and oxygen atoms in total. The van der Waals surface area contributed by atoms with E-state index in [-0.39, 0.29) is 23.8 Å². The Bertz CT molecular complexity index is 1380. The molecule has 0 aliphatic carbocycles. The lowest BCUT2D eigenvalue weighted by Gasteiger charge is -2.38. The van der Waals surface area contributed by atoms with Gasteiger partial charge >= 0.3 is 0 Å². The summed E-state index contributed by atoms with van der Waals surface area (Å²) < 4.78 is 8.36. The maximum Gasteiger partial charge on any atom is 0.291 e. The average molecular weight is 448 g/mol. The second kappa shape index (κ2) is 7.96. The number of aromatic nitrogens is 5. The molecule has 1 saturated heterocycles. The van der Waals surface area contributed by atoms with Crippen LogP contribution in [0, 0.1) is 13.8 Å². The predicted molar refractivity (Wildman–Crippen MR) is 119 cm³/mol. The maximum absolute atomic E-state index is 13.1. The van der Waals surface area contributed by atoms with E-state index in [1.807, 2.05) is 31.2 Å². The molecule has 33 heavy (non-hydrogen) atoms. The van der Waals surface area contributed by atoms with Gasteiger partial charge < -0.3 is 14.4 Å². The van der Waals surface area contributed by atoms with E-state index in [0.29, 0.717) is 42.9 Å². The van der Waals surface area contributed by atoms with Gasteiger partial charge in [-0.25, -0.2) is 14.6 Å². The Balaban J connectivity index is 1.33. The minimum Gasteiger partial charge on any atom is -0.436 e. The number of aliphatic hydroxyl groups is 1. The Labute approximate surface area is 189 Å². The van der Waals surface area contributed by atoms with Gasteiger partial charge in [0.25, 0.3) is 11.5 Å². The highest BCUT2D eigenvalue weighted by Gasteiger charge is 2.35. The molecule has 0 unspecified atom stereocenters. The third-order valence-electron chi connectivity index (χ3n) is 6.11. The predicted octanol–water partition coefficient (Wildman–Crippen LogP) is 1.85. The number of carbonyl (C=O) groups is 1. The fraction of sp³-hybridized carbons (Fsp3) is 0.348. The molecule has 170 valence electrons. The van der Waals surface area contributed by atoms with Crippen molar-refractivity contribution < 1.29 is 14.3 Å². The third-order valence-corrected chi connectivity index (χ3v) is 6.11. The quantitative estimate of drug-likeness (QED) is 0.506. The number of rotatable bonds is 4. The van der Waals surface area contributed by atoms with Crippen molar-refractivity contribution in [2.75, 3.05) is 13.1 Å². The lowest BCUT2D eigenvalue weighted by molar-refractivity contribution is -0.0304. The van der Waals surface area contributed by atoms with Gasteiger partial charge in [-0.15, -0.1) is 0 Å². The van der Waals surface area contributed by atoms with Crippen molar-refractivity contribution in [1.82, 2.24) is 29.2 Å². The number of piperidine rings is 1. The summed E-state index contributed by atoms with van der Waals surface area (Å²) in [6.45, 7) is 4.48. The summed E-state index contributed by atoms with van der Waals surface area (Å²) in [6.07, 6.45) is 5.03. The Morgan fingerprint density at radius 2 is 1.85 bits per heavy atom. The molecule has 0 spiro atoms. The van der Waals surface area contributed by atoms with Crippen molar-refractivity contribution in [2.45, 2.75) is 38.8 Å². The van der Waals surface area contributed by atoms with Crippen LogP contribution >= 0.6 is 0 Å². The van der Waals surface area contributed by atoms with Crippen molar-refractivity contribution in [3.8, 4) is 5.69 Å². The topological polar surface area (TPSA) is 119 Å². The molecule has 4 aromatic rings. The standard InChI is InChI=1S/C23H24N6O4/c1-15-3-5-17(6-4-15)29-20-18(11-26-29)21(30)28(14-25-20)13-23(32)7-9-27(10-8-23)22(31)19-12-24-16(2)33-19/h3-6,11-12,14,32H,7-10,13H2,1-2H3. The SMILES string of the molecule is Cc1ccc(-n2ncc3c(=O)n(CC4(O)CCN(C(=O)c5cnc(C)o5)CC4)cnc32)cc1. The van der Waals surface area contributed by atoms with Gasteiger partial charge in [0, 0.05) is 20.0 Å². The van der Waals surface area contributed by atoms with Gasteiger partial charge in [0.15, 0.2) is 11.5 Å². The van der Waals surface area contributed by atoms with Crippen LogP contribution in [0.2, 0.25) is 0 Å². The van der Waals surface area contributed by atoms with Crippen molar-refractivity contribution in [2.24, 2.45) is 0 Å². The molecular formula is C23H24N6O4. The first-order valence-corrected chi connectivity index (χ1v) is 10.8. The Morgan fingerprint density at radius 1 is 1.12 bits per heavy atom. The van der Waals surface area contributed by atoms with E-state index in [4.69, 9.17) is 4.42 Å². The molecule has 4 heterocycles. The van der Waals surface area contributed by atoms with Crippen LogP contribution in [0.15, 0.2) is 52.2 Å². The van der Waals surface area contributed by atoms with E-state index >= 15 is 0 Å². The van der Waals surface area contributed by atoms with Crippen LogP contribution in [0.4, 0.5) is 0 Å². The van der Waals surface area contributed by atoms with Gasteiger partial charge in [0.05, 0.1) is 30.2 Å². The fourth-order valence-corrected chi connectivity index (χ4v) is 4.15. The molecule has 0 atom stereocenters. The van der Waals surface area contributed by atoms with Crippen LogP contribution in [0.5, 0.6) is 0 Å². The number of fused-ring (bicyclic) bond motifs is 1. The van der Waals surface area contributed by atoms with Gasteiger partial charge in [-0.2, -0.15) is 5.10 Å². The molecule has 10 heteroatoms. The number of hydrogen-bond acceptors (Lipinski definition) is 7. The number of benzene rings is 1. The van der Waals surface area contributed by atoms with E-state index < -0.39 is 5.60 Å². The Hall–Kier alpha value is -3.79. The number of aryl methyl sites for hydroxylation is 2. The van der Waals surface area contributed by atoms with E-state index in [1.165, 1.54) is 23.3 Å². The molecule has 1 N–H and O–H groups in total. The number of hydrogen-bond donors (Lipinski definition) is 1. The van der Waals surface area contributed by atoms with Crippen LogP contribution in [0.25, 0.3) is 16.7 Å². The van der Waals surface area contributed by atoms with Gasteiger partial charge in [0.1, 0.15) is 11.7 Å². The highest BCUT2D eigenvalue weighted by Crippen LogP contribution is 2.25. The summed E-state index contributed by atoms with van der Waals surface area (Å²) in [6, 6.07) is 7.79. The van der Waals surface area contributed by atoms with Crippen molar-refractivity contribution in [3.63, 3.8) is 0 Å². The molecule has 0 radical (unpaired) electrons. The molecular weight excluding hydrogens is 424 g/mol. The Kier molecular flexibility index (Phi) is 5.09. The molecule has 1 aromatic carbocycles. The first kappa shape index (κ1) is 21.1. The van der Waals surface area contributed by atoms with Crippen LogP contribution in [0.1, 0.15) is 34.9 Å². The van der Waals surface area contributed by atoms with E-state index in [0.717, 1.165) is 11.3 Å². The van der Waals surface area contributed by atoms with Crippen LogP contribution < -0.4 is 5.56 Å². The first-order chi connectivity index (χ1) is 15.8. The van der Waals surface area contributed by atoms with Crippen molar-refractivity contribution in [3.05, 3.63) is 70.6 Å². The summed E-state index contributed by atoms with van der Waals surface area (Å²) in [5.41, 5.74) is 1.03. The van der Waals surface area contributed by atoms with Gasteiger partial charge in [-0.05, 0) is 31.9 Å². The lowest BCUT2D eigenvalue weighted by Crippen LogP contribution is -2.49. The molecule has 0 bridgehead atoms. The second-order valence-electron chi connectivity index (χ2n) is 8.57. The minimum atomic E-state index is -1.12. The van der Waals surface area contributed by atoms with E-state index in [2.05, 4.69) is 15.1 Å². The number of likely N-dealkylation sites (tertiary alicyclic amines) is 1. The molecule has 1 aliphatic heterocycles. The summed E-state index contributed by atoms with van der Waals surface area (Å²) in [5.74, 6) is 0.371. The number of oxazole rings is 1. The molecule has 1 aliphatic rings. The van der Waals surface area contributed by atoms with Gasteiger partial charge in [-0.1, -0.05) is 17.7 Å². The lowest BCUT2D eigenvalue weighted by atomic mass is 9.91. The van der Waals surface area contributed by atoms with E-state index in [1.54, 1.807) is 16.5 Å².